The van der Waals surface area contributed by atoms with Crippen LogP contribution in [0.25, 0.3) is 0 Å². The molecule has 0 radical (unpaired) electrons. The van der Waals surface area contributed by atoms with E-state index in [1.807, 2.05) is 6.92 Å². The Hall–Kier alpha value is 0.1000. The average Bonchev–Trinajstić information content (AvgIpc) is 2.07. The van der Waals surface area contributed by atoms with Gasteiger partial charge in [0.25, 0.3) is 0 Å². The number of rotatable bonds is 1. The van der Waals surface area contributed by atoms with Crippen molar-refractivity contribution in [3.63, 3.8) is 0 Å². The number of aryl methyl sites for hydroxylation is 1. The number of hydrogen-bond donors (Lipinski definition) is 0. The Labute approximate surface area is 104 Å². The monoisotopic (exact) mass is 324 g/mol. The van der Waals surface area contributed by atoms with Gasteiger partial charge in [0.05, 0.1) is 9.26 Å². The van der Waals surface area contributed by atoms with Crippen molar-refractivity contribution in [2.75, 3.05) is 0 Å². The van der Waals surface area contributed by atoms with Crippen LogP contribution in [0.3, 0.4) is 0 Å². The standard InChI is InChI=1S/C10H14ClIN2/c1-5-6-13-8(10(2,3)4)7(12)9(11)14-6/h5H2,1-4H3. The van der Waals surface area contributed by atoms with E-state index < -0.39 is 0 Å². The molecule has 0 aliphatic heterocycles. The van der Waals surface area contributed by atoms with E-state index in [1.54, 1.807) is 0 Å². The highest BCUT2D eigenvalue weighted by Crippen LogP contribution is 2.28. The zero-order chi connectivity index (χ0) is 10.9. The summed E-state index contributed by atoms with van der Waals surface area (Å²) in [7, 11) is 0. The number of aromatic nitrogens is 2. The fourth-order valence-corrected chi connectivity index (χ4v) is 2.36. The summed E-state index contributed by atoms with van der Waals surface area (Å²) in [5.41, 5.74) is 1.06. The molecule has 14 heavy (non-hydrogen) atoms. The van der Waals surface area contributed by atoms with Crippen LogP contribution in [0, 0.1) is 3.57 Å². The molecule has 0 fully saturated rings. The lowest BCUT2D eigenvalue weighted by molar-refractivity contribution is 0.558. The largest absolute Gasteiger partial charge is 0.236 e. The predicted molar refractivity (Wildman–Crippen MR) is 67.8 cm³/mol. The van der Waals surface area contributed by atoms with Gasteiger partial charge in [-0.05, 0) is 22.6 Å². The van der Waals surface area contributed by atoms with Gasteiger partial charge in [-0.2, -0.15) is 0 Å². The van der Waals surface area contributed by atoms with Gasteiger partial charge in [0.1, 0.15) is 11.0 Å². The second-order valence-electron chi connectivity index (χ2n) is 4.20. The minimum absolute atomic E-state index is 0.0209. The van der Waals surface area contributed by atoms with E-state index in [4.69, 9.17) is 11.6 Å². The number of hydrogen-bond acceptors (Lipinski definition) is 2. The Morgan fingerprint density at radius 1 is 1.29 bits per heavy atom. The predicted octanol–water partition coefficient (Wildman–Crippen LogP) is 3.59. The third-order valence-corrected chi connectivity index (χ3v) is 3.50. The molecule has 0 saturated heterocycles. The molecule has 0 amide bonds. The highest BCUT2D eigenvalue weighted by Gasteiger charge is 2.21. The lowest BCUT2D eigenvalue weighted by Gasteiger charge is -2.20. The van der Waals surface area contributed by atoms with E-state index in [-0.39, 0.29) is 5.41 Å². The molecule has 1 rings (SSSR count). The summed E-state index contributed by atoms with van der Waals surface area (Å²) >= 11 is 8.25. The first kappa shape index (κ1) is 12.2. The van der Waals surface area contributed by atoms with E-state index in [1.165, 1.54) is 0 Å². The topological polar surface area (TPSA) is 25.8 Å². The molecule has 0 aliphatic carbocycles. The quantitative estimate of drug-likeness (QED) is 0.583. The summed E-state index contributed by atoms with van der Waals surface area (Å²) in [5.74, 6) is 0.820. The van der Waals surface area contributed by atoms with E-state index in [2.05, 4.69) is 53.3 Å². The van der Waals surface area contributed by atoms with E-state index in [9.17, 15) is 0 Å². The lowest BCUT2D eigenvalue weighted by atomic mass is 9.92. The molecule has 2 nitrogen and oxygen atoms in total. The molecule has 0 unspecified atom stereocenters. The number of nitrogens with zero attached hydrogens (tertiary/aromatic N) is 2. The van der Waals surface area contributed by atoms with Crippen molar-refractivity contribution >= 4 is 34.2 Å². The normalized spacial score (nSPS) is 11.9. The van der Waals surface area contributed by atoms with Gasteiger partial charge in [0.15, 0.2) is 0 Å². The molecular formula is C10H14ClIN2. The highest BCUT2D eigenvalue weighted by molar-refractivity contribution is 14.1. The Morgan fingerprint density at radius 3 is 2.29 bits per heavy atom. The molecule has 1 heterocycles. The third-order valence-electron chi connectivity index (χ3n) is 1.88. The average molecular weight is 325 g/mol. The van der Waals surface area contributed by atoms with Gasteiger partial charge < -0.3 is 0 Å². The van der Waals surface area contributed by atoms with E-state index in [0.29, 0.717) is 5.15 Å². The van der Waals surface area contributed by atoms with Crippen LogP contribution in [0.2, 0.25) is 5.15 Å². The van der Waals surface area contributed by atoms with Gasteiger partial charge in [0.2, 0.25) is 0 Å². The second-order valence-corrected chi connectivity index (χ2v) is 5.63. The maximum absolute atomic E-state index is 6.05. The first-order valence-electron chi connectivity index (χ1n) is 4.58. The fourth-order valence-electron chi connectivity index (χ4n) is 1.12. The molecule has 4 heteroatoms. The van der Waals surface area contributed by atoms with Crippen molar-refractivity contribution in [3.8, 4) is 0 Å². The highest BCUT2D eigenvalue weighted by atomic mass is 127. The van der Waals surface area contributed by atoms with Crippen molar-refractivity contribution < 1.29 is 0 Å². The molecule has 0 aliphatic rings. The molecule has 78 valence electrons. The van der Waals surface area contributed by atoms with Gasteiger partial charge in [-0.25, -0.2) is 9.97 Å². The maximum atomic E-state index is 6.05. The van der Waals surface area contributed by atoms with Crippen molar-refractivity contribution in [1.29, 1.82) is 0 Å². The molecule has 0 N–H and O–H groups in total. The van der Waals surface area contributed by atoms with Gasteiger partial charge in [0, 0.05) is 11.8 Å². The van der Waals surface area contributed by atoms with Crippen LogP contribution in [-0.4, -0.2) is 9.97 Å². The smallest absolute Gasteiger partial charge is 0.146 e. The second kappa shape index (κ2) is 4.31. The summed E-state index contributed by atoms with van der Waals surface area (Å²) in [6.45, 7) is 8.43. The van der Waals surface area contributed by atoms with Crippen molar-refractivity contribution in [2.24, 2.45) is 0 Å². The van der Waals surface area contributed by atoms with E-state index >= 15 is 0 Å². The molecule has 0 bridgehead atoms. The molecule has 0 atom stereocenters. The minimum Gasteiger partial charge on any atom is -0.236 e. The van der Waals surface area contributed by atoms with Crippen LogP contribution in [0.4, 0.5) is 0 Å². The van der Waals surface area contributed by atoms with Crippen LogP contribution < -0.4 is 0 Å². The van der Waals surface area contributed by atoms with Crippen LogP contribution in [-0.2, 0) is 11.8 Å². The zero-order valence-corrected chi connectivity index (χ0v) is 11.8. The van der Waals surface area contributed by atoms with Crippen LogP contribution >= 0.6 is 34.2 Å². The molecule has 0 saturated carbocycles. The zero-order valence-electron chi connectivity index (χ0n) is 8.86. The molecule has 1 aromatic heterocycles. The third kappa shape index (κ3) is 2.57. The summed E-state index contributed by atoms with van der Waals surface area (Å²) in [6, 6.07) is 0. The summed E-state index contributed by atoms with van der Waals surface area (Å²) in [5, 5.41) is 0.572. The Balaban J connectivity index is 3.35. The van der Waals surface area contributed by atoms with Gasteiger partial charge >= 0.3 is 0 Å². The minimum atomic E-state index is 0.0209. The first-order valence-corrected chi connectivity index (χ1v) is 6.04. The van der Waals surface area contributed by atoms with Crippen molar-refractivity contribution in [1.82, 2.24) is 9.97 Å². The van der Waals surface area contributed by atoms with Crippen LogP contribution in [0.15, 0.2) is 0 Å². The summed E-state index contributed by atoms with van der Waals surface area (Å²) in [6.07, 6.45) is 0.819. The molecule has 0 aromatic carbocycles. The molecule has 0 spiro atoms. The fraction of sp³-hybridized carbons (Fsp3) is 0.600. The Bertz CT molecular complexity index is 345. The lowest BCUT2D eigenvalue weighted by Crippen LogP contribution is -2.18. The summed E-state index contributed by atoms with van der Waals surface area (Å²) in [4.78, 5) is 8.73. The molecule has 1 aromatic rings. The first-order chi connectivity index (χ1) is 6.36. The maximum Gasteiger partial charge on any atom is 0.146 e. The van der Waals surface area contributed by atoms with E-state index in [0.717, 1.165) is 21.5 Å². The van der Waals surface area contributed by atoms with Crippen LogP contribution in [0.5, 0.6) is 0 Å². The van der Waals surface area contributed by atoms with Crippen LogP contribution in [0.1, 0.15) is 39.2 Å². The van der Waals surface area contributed by atoms with Gasteiger partial charge in [-0.1, -0.05) is 39.3 Å². The van der Waals surface area contributed by atoms with Crippen molar-refractivity contribution in [2.45, 2.75) is 39.5 Å². The Kier molecular flexibility index (Phi) is 3.75. The SMILES string of the molecule is CCc1nc(Cl)c(I)c(C(C)(C)C)n1. The Morgan fingerprint density at radius 2 is 1.86 bits per heavy atom. The van der Waals surface area contributed by atoms with Crippen molar-refractivity contribution in [3.05, 3.63) is 20.2 Å². The number of halogens is 2. The van der Waals surface area contributed by atoms with Gasteiger partial charge in [-0.15, -0.1) is 0 Å². The summed E-state index contributed by atoms with van der Waals surface area (Å²) < 4.78 is 0.967. The molecular weight excluding hydrogens is 310 g/mol. The van der Waals surface area contributed by atoms with Gasteiger partial charge in [-0.3, -0.25) is 0 Å².